The van der Waals surface area contributed by atoms with Crippen LogP contribution in [0.3, 0.4) is 0 Å². The van der Waals surface area contributed by atoms with Crippen molar-refractivity contribution in [1.29, 1.82) is 0 Å². The van der Waals surface area contributed by atoms with Gasteiger partial charge in [0.05, 0.1) is 0 Å². The van der Waals surface area contributed by atoms with Gasteiger partial charge in [-0.3, -0.25) is 9.59 Å². The first kappa shape index (κ1) is 19.9. The quantitative estimate of drug-likeness (QED) is 0.836. The SMILES string of the molecule is Cc1ccc(C(=O)NCC2CCN(C(=O)COc3ccccc3)CC2)c(C)c1. The standard InChI is InChI=1S/C23H28N2O3/c1-17-8-9-21(18(2)14-17)23(27)24-15-19-10-12-25(13-11-19)22(26)16-28-20-6-4-3-5-7-20/h3-9,14,19H,10-13,15-16H2,1-2H3,(H,24,27). The molecule has 2 amide bonds. The Morgan fingerprint density at radius 3 is 2.46 bits per heavy atom. The molecule has 2 aromatic rings. The second-order valence-electron chi connectivity index (χ2n) is 7.45. The van der Waals surface area contributed by atoms with Crippen molar-refractivity contribution < 1.29 is 14.3 Å². The molecule has 0 aliphatic carbocycles. The molecule has 0 atom stereocenters. The number of ether oxygens (including phenoxy) is 1. The maximum Gasteiger partial charge on any atom is 0.260 e. The number of hydrogen-bond acceptors (Lipinski definition) is 3. The number of rotatable bonds is 6. The van der Waals surface area contributed by atoms with Crippen LogP contribution < -0.4 is 10.1 Å². The van der Waals surface area contributed by atoms with Crippen LogP contribution in [0.25, 0.3) is 0 Å². The molecule has 2 aromatic carbocycles. The van der Waals surface area contributed by atoms with Crippen molar-refractivity contribution in [2.75, 3.05) is 26.2 Å². The van der Waals surface area contributed by atoms with Gasteiger partial charge in [0.15, 0.2) is 6.61 Å². The lowest BCUT2D eigenvalue weighted by atomic mass is 9.96. The van der Waals surface area contributed by atoms with E-state index in [1.165, 1.54) is 0 Å². The van der Waals surface area contributed by atoms with Crippen LogP contribution >= 0.6 is 0 Å². The van der Waals surface area contributed by atoms with Gasteiger partial charge in [-0.2, -0.15) is 0 Å². The Kier molecular flexibility index (Phi) is 6.69. The van der Waals surface area contributed by atoms with Gasteiger partial charge in [-0.05, 0) is 56.4 Å². The maximum atomic E-state index is 12.4. The van der Waals surface area contributed by atoms with Gasteiger partial charge in [-0.15, -0.1) is 0 Å². The number of piperidine rings is 1. The summed E-state index contributed by atoms with van der Waals surface area (Å²) in [6.45, 7) is 6.12. The Bertz CT molecular complexity index is 812. The zero-order valence-corrected chi connectivity index (χ0v) is 16.6. The fourth-order valence-electron chi connectivity index (χ4n) is 3.54. The van der Waals surface area contributed by atoms with Gasteiger partial charge in [0.2, 0.25) is 0 Å². The molecule has 148 valence electrons. The molecule has 0 unspecified atom stereocenters. The summed E-state index contributed by atoms with van der Waals surface area (Å²) < 4.78 is 5.55. The Morgan fingerprint density at radius 1 is 1.07 bits per heavy atom. The van der Waals surface area contributed by atoms with Crippen molar-refractivity contribution in [1.82, 2.24) is 10.2 Å². The molecule has 1 aliphatic heterocycles. The first-order valence-corrected chi connectivity index (χ1v) is 9.84. The summed E-state index contributed by atoms with van der Waals surface area (Å²) in [4.78, 5) is 26.6. The first-order valence-electron chi connectivity index (χ1n) is 9.84. The first-order chi connectivity index (χ1) is 13.5. The van der Waals surface area contributed by atoms with Crippen LogP contribution in [0.1, 0.15) is 34.3 Å². The van der Waals surface area contributed by atoms with Gasteiger partial charge in [-0.25, -0.2) is 0 Å². The zero-order chi connectivity index (χ0) is 19.9. The van der Waals surface area contributed by atoms with Gasteiger partial charge in [0.25, 0.3) is 11.8 Å². The Balaban J connectivity index is 1.40. The van der Waals surface area contributed by atoms with Crippen molar-refractivity contribution >= 4 is 11.8 Å². The molecular weight excluding hydrogens is 352 g/mol. The molecule has 0 saturated carbocycles. The number of nitrogens with zero attached hydrogens (tertiary/aromatic N) is 1. The van der Waals surface area contributed by atoms with E-state index < -0.39 is 0 Å². The van der Waals surface area contributed by atoms with Crippen molar-refractivity contribution in [3.63, 3.8) is 0 Å². The second-order valence-corrected chi connectivity index (χ2v) is 7.45. The zero-order valence-electron chi connectivity index (χ0n) is 16.6. The lowest BCUT2D eigenvalue weighted by Gasteiger charge is -2.32. The highest BCUT2D eigenvalue weighted by Gasteiger charge is 2.23. The molecule has 0 bridgehead atoms. The van der Waals surface area contributed by atoms with Crippen LogP contribution in [0.5, 0.6) is 5.75 Å². The van der Waals surface area contributed by atoms with E-state index in [0.29, 0.717) is 31.3 Å². The average Bonchev–Trinajstić information content (AvgIpc) is 2.71. The lowest BCUT2D eigenvalue weighted by molar-refractivity contribution is -0.134. The van der Waals surface area contributed by atoms with E-state index >= 15 is 0 Å². The highest BCUT2D eigenvalue weighted by molar-refractivity contribution is 5.95. The van der Waals surface area contributed by atoms with E-state index in [0.717, 1.165) is 29.5 Å². The molecule has 5 nitrogen and oxygen atoms in total. The molecule has 1 saturated heterocycles. The highest BCUT2D eigenvalue weighted by atomic mass is 16.5. The van der Waals surface area contributed by atoms with Crippen molar-refractivity contribution in [2.45, 2.75) is 26.7 Å². The summed E-state index contributed by atoms with van der Waals surface area (Å²) in [6, 6.07) is 15.2. The topological polar surface area (TPSA) is 58.6 Å². The van der Waals surface area contributed by atoms with E-state index in [2.05, 4.69) is 5.32 Å². The monoisotopic (exact) mass is 380 g/mol. The molecule has 0 spiro atoms. The molecule has 1 N–H and O–H groups in total. The summed E-state index contributed by atoms with van der Waals surface area (Å²) in [5.41, 5.74) is 2.88. The van der Waals surface area contributed by atoms with Crippen molar-refractivity contribution in [2.24, 2.45) is 5.92 Å². The number of benzene rings is 2. The smallest absolute Gasteiger partial charge is 0.260 e. The van der Waals surface area contributed by atoms with Gasteiger partial charge in [-0.1, -0.05) is 35.9 Å². The third-order valence-electron chi connectivity index (χ3n) is 5.25. The highest BCUT2D eigenvalue weighted by Crippen LogP contribution is 2.18. The summed E-state index contributed by atoms with van der Waals surface area (Å²) in [7, 11) is 0. The number of para-hydroxylation sites is 1. The van der Waals surface area contributed by atoms with Crippen molar-refractivity contribution in [3.05, 3.63) is 65.2 Å². The summed E-state index contributed by atoms with van der Waals surface area (Å²) >= 11 is 0. The van der Waals surface area contributed by atoms with Crippen LogP contribution in [0.15, 0.2) is 48.5 Å². The number of amides is 2. The fourth-order valence-corrected chi connectivity index (χ4v) is 3.54. The molecular formula is C23H28N2O3. The minimum absolute atomic E-state index is 0.0154. The van der Waals surface area contributed by atoms with Gasteiger partial charge < -0.3 is 15.0 Å². The average molecular weight is 380 g/mol. The summed E-state index contributed by atoms with van der Waals surface area (Å²) in [6.07, 6.45) is 1.79. The summed E-state index contributed by atoms with van der Waals surface area (Å²) in [5.74, 6) is 1.10. The van der Waals surface area contributed by atoms with Crippen molar-refractivity contribution in [3.8, 4) is 5.75 Å². The lowest BCUT2D eigenvalue weighted by Crippen LogP contribution is -2.43. The molecule has 0 radical (unpaired) electrons. The molecule has 1 aliphatic rings. The van der Waals surface area contributed by atoms with E-state index in [4.69, 9.17) is 4.74 Å². The predicted molar refractivity (Wildman–Crippen MR) is 109 cm³/mol. The second kappa shape index (κ2) is 9.40. The molecule has 3 rings (SSSR count). The Morgan fingerprint density at radius 2 is 1.79 bits per heavy atom. The number of hydrogen-bond donors (Lipinski definition) is 1. The molecule has 1 fully saturated rings. The van der Waals surface area contributed by atoms with E-state index in [-0.39, 0.29) is 18.4 Å². The fraction of sp³-hybridized carbons (Fsp3) is 0.391. The van der Waals surface area contributed by atoms with Crippen LogP contribution in [-0.4, -0.2) is 43.0 Å². The predicted octanol–water partition coefficient (Wildman–Crippen LogP) is 3.35. The largest absolute Gasteiger partial charge is 0.484 e. The van der Waals surface area contributed by atoms with E-state index in [1.54, 1.807) is 0 Å². The van der Waals surface area contributed by atoms with Gasteiger partial charge >= 0.3 is 0 Å². The molecule has 5 heteroatoms. The number of aryl methyl sites for hydroxylation is 2. The van der Waals surface area contributed by atoms with Gasteiger partial charge in [0, 0.05) is 25.2 Å². The summed E-state index contributed by atoms with van der Waals surface area (Å²) in [5, 5.41) is 3.05. The van der Waals surface area contributed by atoms with Crippen LogP contribution in [0.2, 0.25) is 0 Å². The number of likely N-dealkylation sites (tertiary alicyclic amines) is 1. The Labute approximate surface area is 166 Å². The van der Waals surface area contributed by atoms with E-state index in [1.807, 2.05) is 67.3 Å². The number of carbonyl (C=O) groups excluding carboxylic acids is 2. The molecule has 28 heavy (non-hydrogen) atoms. The third-order valence-corrected chi connectivity index (χ3v) is 5.25. The number of carbonyl (C=O) groups is 2. The molecule has 0 aromatic heterocycles. The van der Waals surface area contributed by atoms with Crippen LogP contribution in [0.4, 0.5) is 0 Å². The van der Waals surface area contributed by atoms with E-state index in [9.17, 15) is 9.59 Å². The van der Waals surface area contributed by atoms with Gasteiger partial charge in [0.1, 0.15) is 5.75 Å². The minimum atomic E-state index is -0.0210. The van der Waals surface area contributed by atoms with Crippen LogP contribution in [0, 0.1) is 19.8 Å². The normalized spacial score (nSPS) is 14.6. The Hall–Kier alpha value is -2.82. The maximum absolute atomic E-state index is 12.4. The van der Waals surface area contributed by atoms with Crippen LogP contribution in [-0.2, 0) is 4.79 Å². The third kappa shape index (κ3) is 5.35. The molecule has 1 heterocycles. The number of nitrogens with one attached hydrogen (secondary N) is 1. The minimum Gasteiger partial charge on any atom is -0.484 e.